The van der Waals surface area contributed by atoms with Crippen LogP contribution in [0.2, 0.25) is 0 Å². The second kappa shape index (κ2) is 7.00. The molecule has 0 saturated carbocycles. The molecule has 60 valence electrons. The normalized spacial score (nSPS) is 11.0. The number of carbonyl (C=O) groups is 1. The van der Waals surface area contributed by atoms with Gasteiger partial charge in [0.1, 0.15) is 5.78 Å². The van der Waals surface area contributed by atoms with Crippen LogP contribution in [0.15, 0.2) is 37.0 Å². The third kappa shape index (κ3) is 8.89. The fourth-order valence-corrected chi connectivity index (χ4v) is 0.604. The summed E-state index contributed by atoms with van der Waals surface area (Å²) in [4.78, 5) is 10.5. The molecule has 0 atom stereocenters. The van der Waals surface area contributed by atoms with Crippen LogP contribution >= 0.6 is 0 Å². The quantitative estimate of drug-likeness (QED) is 0.551. The Morgan fingerprint density at radius 1 is 1.36 bits per heavy atom. The van der Waals surface area contributed by atoms with Crippen molar-refractivity contribution in [2.75, 3.05) is 0 Å². The van der Waals surface area contributed by atoms with Crippen LogP contribution in [-0.4, -0.2) is 5.78 Å². The molecule has 0 spiro atoms. The maximum absolute atomic E-state index is 10.5. The first-order chi connectivity index (χ1) is 5.27. The van der Waals surface area contributed by atoms with E-state index in [0.717, 1.165) is 6.42 Å². The van der Waals surface area contributed by atoms with Crippen molar-refractivity contribution >= 4 is 5.78 Å². The van der Waals surface area contributed by atoms with Crippen molar-refractivity contribution < 1.29 is 4.79 Å². The summed E-state index contributed by atoms with van der Waals surface area (Å²) in [5.41, 5.74) is 0. The zero-order valence-corrected chi connectivity index (χ0v) is 6.92. The topological polar surface area (TPSA) is 17.1 Å². The van der Waals surface area contributed by atoms with Gasteiger partial charge in [0.05, 0.1) is 0 Å². The van der Waals surface area contributed by atoms with Gasteiger partial charge in [-0.05, 0) is 13.3 Å². The molecule has 0 aromatic carbocycles. The highest BCUT2D eigenvalue weighted by Crippen LogP contribution is 1.91. The Labute approximate surface area is 68.1 Å². The van der Waals surface area contributed by atoms with Gasteiger partial charge >= 0.3 is 0 Å². The van der Waals surface area contributed by atoms with E-state index in [1.54, 1.807) is 13.0 Å². The minimum atomic E-state index is 0.238. The Balaban J connectivity index is 3.37. The largest absolute Gasteiger partial charge is 0.300 e. The van der Waals surface area contributed by atoms with Gasteiger partial charge in [-0.1, -0.05) is 37.0 Å². The highest BCUT2D eigenvalue weighted by molar-refractivity contribution is 5.75. The van der Waals surface area contributed by atoms with E-state index in [4.69, 9.17) is 0 Å². The van der Waals surface area contributed by atoms with E-state index in [1.165, 1.54) is 0 Å². The highest BCUT2D eigenvalue weighted by atomic mass is 16.1. The lowest BCUT2D eigenvalue weighted by molar-refractivity contribution is -0.116. The summed E-state index contributed by atoms with van der Waals surface area (Å²) < 4.78 is 0. The molecule has 0 aliphatic rings. The molecule has 1 nitrogen and oxygen atoms in total. The van der Waals surface area contributed by atoms with Crippen LogP contribution in [0.5, 0.6) is 0 Å². The minimum Gasteiger partial charge on any atom is -0.300 e. The third-order valence-corrected chi connectivity index (χ3v) is 1.16. The smallest absolute Gasteiger partial charge is 0.130 e. The minimum absolute atomic E-state index is 0.238. The first-order valence-corrected chi connectivity index (χ1v) is 3.71. The number of hydrogen-bond acceptors (Lipinski definition) is 1. The van der Waals surface area contributed by atoms with E-state index in [2.05, 4.69) is 6.58 Å². The van der Waals surface area contributed by atoms with Crippen LogP contribution in [0.1, 0.15) is 19.8 Å². The van der Waals surface area contributed by atoms with Crippen molar-refractivity contribution in [3.05, 3.63) is 37.0 Å². The van der Waals surface area contributed by atoms with Gasteiger partial charge in [0, 0.05) is 6.42 Å². The zero-order chi connectivity index (χ0) is 8.53. The maximum atomic E-state index is 10.5. The van der Waals surface area contributed by atoms with Crippen LogP contribution in [0.3, 0.4) is 0 Å². The lowest BCUT2D eigenvalue weighted by atomic mass is 10.2. The number of hydrogen-bond donors (Lipinski definition) is 0. The van der Waals surface area contributed by atoms with E-state index in [9.17, 15) is 4.79 Å². The van der Waals surface area contributed by atoms with Gasteiger partial charge < -0.3 is 4.79 Å². The summed E-state index contributed by atoms with van der Waals surface area (Å²) in [6, 6.07) is 0. The van der Waals surface area contributed by atoms with Crippen LogP contribution in [0.25, 0.3) is 0 Å². The summed E-state index contributed by atoms with van der Waals surface area (Å²) in [5.74, 6) is 0.238. The molecule has 0 radical (unpaired) electrons. The highest BCUT2D eigenvalue weighted by Gasteiger charge is 1.86. The van der Waals surface area contributed by atoms with Gasteiger partial charge in [-0.25, -0.2) is 0 Å². The molecule has 0 saturated heterocycles. The third-order valence-electron chi connectivity index (χ3n) is 1.16. The Morgan fingerprint density at radius 3 is 2.64 bits per heavy atom. The SMILES string of the molecule is C=C/C=C/C=C\CCC(C)=O. The fraction of sp³-hybridized carbons (Fsp3) is 0.300. The van der Waals surface area contributed by atoms with Crippen molar-refractivity contribution in [3.8, 4) is 0 Å². The lowest BCUT2D eigenvalue weighted by Gasteiger charge is -1.85. The molecule has 0 fully saturated rings. The number of ketones is 1. The second-order valence-corrected chi connectivity index (χ2v) is 2.29. The van der Waals surface area contributed by atoms with Crippen LogP contribution in [-0.2, 0) is 4.79 Å². The predicted octanol–water partition coefficient (Wildman–Crippen LogP) is 2.65. The molecule has 0 heterocycles. The summed E-state index contributed by atoms with van der Waals surface area (Å²) in [5, 5.41) is 0. The van der Waals surface area contributed by atoms with Crippen molar-refractivity contribution in [3.63, 3.8) is 0 Å². The van der Waals surface area contributed by atoms with Crippen LogP contribution in [0, 0.1) is 0 Å². The molecular formula is C10H14O. The van der Waals surface area contributed by atoms with Gasteiger partial charge in [0.25, 0.3) is 0 Å². The summed E-state index contributed by atoms with van der Waals surface area (Å²) in [7, 11) is 0. The molecule has 11 heavy (non-hydrogen) atoms. The Morgan fingerprint density at radius 2 is 2.09 bits per heavy atom. The second-order valence-electron chi connectivity index (χ2n) is 2.29. The molecule has 0 unspecified atom stereocenters. The Bertz CT molecular complexity index is 175. The molecule has 0 N–H and O–H groups in total. The molecule has 0 aliphatic heterocycles. The lowest BCUT2D eigenvalue weighted by Crippen LogP contribution is -1.85. The van der Waals surface area contributed by atoms with E-state index < -0.39 is 0 Å². The molecule has 1 heteroatoms. The number of allylic oxidation sites excluding steroid dienone is 5. The van der Waals surface area contributed by atoms with Crippen LogP contribution in [0.4, 0.5) is 0 Å². The molecule has 0 bridgehead atoms. The average Bonchev–Trinajstić information content (AvgIpc) is 1.96. The Hall–Kier alpha value is -1.11. The summed E-state index contributed by atoms with van der Waals surface area (Å²) in [6.45, 7) is 5.14. The van der Waals surface area contributed by atoms with Crippen molar-refractivity contribution in [2.24, 2.45) is 0 Å². The molecule has 0 rings (SSSR count). The maximum Gasteiger partial charge on any atom is 0.130 e. The van der Waals surface area contributed by atoms with Crippen molar-refractivity contribution in [2.45, 2.75) is 19.8 Å². The molecule has 0 aliphatic carbocycles. The van der Waals surface area contributed by atoms with Crippen molar-refractivity contribution in [1.29, 1.82) is 0 Å². The summed E-state index contributed by atoms with van der Waals surface area (Å²) >= 11 is 0. The predicted molar refractivity (Wildman–Crippen MR) is 48.4 cm³/mol. The van der Waals surface area contributed by atoms with Gasteiger partial charge in [0.15, 0.2) is 0 Å². The molecule has 0 aromatic rings. The van der Waals surface area contributed by atoms with E-state index >= 15 is 0 Å². The van der Waals surface area contributed by atoms with E-state index in [0.29, 0.717) is 6.42 Å². The molecular weight excluding hydrogens is 136 g/mol. The Kier molecular flexibility index (Phi) is 6.30. The number of rotatable bonds is 5. The number of carbonyl (C=O) groups excluding carboxylic acids is 1. The molecule has 0 amide bonds. The standard InChI is InChI=1S/C10H14O/c1-3-4-5-6-7-8-9-10(2)11/h3-7H,1,8-9H2,2H3/b5-4+,7-6-. The van der Waals surface area contributed by atoms with Crippen molar-refractivity contribution in [1.82, 2.24) is 0 Å². The zero-order valence-electron chi connectivity index (χ0n) is 6.92. The van der Waals surface area contributed by atoms with Gasteiger partial charge in [-0.15, -0.1) is 0 Å². The first-order valence-electron chi connectivity index (χ1n) is 3.71. The molecule has 0 aromatic heterocycles. The van der Waals surface area contributed by atoms with Gasteiger partial charge in [-0.3, -0.25) is 0 Å². The van der Waals surface area contributed by atoms with Crippen LogP contribution < -0.4 is 0 Å². The fourth-order valence-electron chi connectivity index (χ4n) is 0.604. The average molecular weight is 150 g/mol. The van der Waals surface area contributed by atoms with E-state index in [-0.39, 0.29) is 5.78 Å². The number of Topliss-reactive ketones (excluding diaryl/α,β-unsaturated/α-hetero) is 1. The summed E-state index contributed by atoms with van der Waals surface area (Å²) in [6.07, 6.45) is 10.8. The van der Waals surface area contributed by atoms with Gasteiger partial charge in [-0.2, -0.15) is 0 Å². The first kappa shape index (κ1) is 9.89. The monoisotopic (exact) mass is 150 g/mol. The van der Waals surface area contributed by atoms with E-state index in [1.807, 2.05) is 24.3 Å². The van der Waals surface area contributed by atoms with Gasteiger partial charge in [0.2, 0.25) is 0 Å².